The average molecular weight is 300 g/mol. The number of rotatable bonds is 3. The Hall–Kier alpha value is -1.65. The summed E-state index contributed by atoms with van der Waals surface area (Å²) in [7, 11) is 0. The number of carboxylic acids is 1. The van der Waals surface area contributed by atoms with Crippen LogP contribution in [0.5, 0.6) is 0 Å². The van der Waals surface area contributed by atoms with Gasteiger partial charge in [0.25, 0.3) is 0 Å². The highest BCUT2D eigenvalue weighted by molar-refractivity contribution is 6.35. The van der Waals surface area contributed by atoms with Gasteiger partial charge in [-0.2, -0.15) is 4.39 Å². The van der Waals surface area contributed by atoms with Crippen molar-refractivity contribution >= 4 is 29.2 Å². The lowest BCUT2D eigenvalue weighted by Crippen LogP contribution is -2.03. The van der Waals surface area contributed by atoms with Gasteiger partial charge < -0.3 is 5.11 Å². The first kappa shape index (κ1) is 13.8. The van der Waals surface area contributed by atoms with Crippen molar-refractivity contribution in [3.63, 3.8) is 0 Å². The Bertz CT molecular complexity index is 647. The van der Waals surface area contributed by atoms with Crippen LogP contribution in [0.25, 0.3) is 11.1 Å². The van der Waals surface area contributed by atoms with Gasteiger partial charge in [-0.25, -0.2) is 4.98 Å². The van der Waals surface area contributed by atoms with E-state index in [1.807, 2.05) is 0 Å². The molecule has 0 aliphatic heterocycles. The fourth-order valence-corrected chi connectivity index (χ4v) is 2.11. The molecule has 3 nitrogen and oxygen atoms in total. The number of nitrogens with zero attached hydrogens (tertiary/aromatic N) is 1. The molecule has 0 unspecified atom stereocenters. The number of hydrogen-bond donors (Lipinski definition) is 1. The first-order valence-electron chi connectivity index (χ1n) is 5.29. The van der Waals surface area contributed by atoms with Gasteiger partial charge in [0.05, 0.1) is 6.42 Å². The monoisotopic (exact) mass is 299 g/mol. The molecule has 0 spiro atoms. The zero-order valence-corrected chi connectivity index (χ0v) is 11.0. The number of aliphatic carboxylic acids is 1. The Kier molecular flexibility index (Phi) is 4.02. The molecule has 1 aromatic carbocycles. The molecule has 0 atom stereocenters. The molecule has 1 N–H and O–H groups in total. The van der Waals surface area contributed by atoms with Gasteiger partial charge in [0.2, 0.25) is 5.95 Å². The number of benzene rings is 1. The summed E-state index contributed by atoms with van der Waals surface area (Å²) in [6.45, 7) is 0. The molecule has 19 heavy (non-hydrogen) atoms. The molecule has 6 heteroatoms. The Morgan fingerprint density at radius 2 is 2.00 bits per heavy atom. The van der Waals surface area contributed by atoms with E-state index in [4.69, 9.17) is 28.3 Å². The third-order valence-electron chi connectivity index (χ3n) is 2.52. The van der Waals surface area contributed by atoms with Gasteiger partial charge in [-0.15, -0.1) is 0 Å². The smallest absolute Gasteiger partial charge is 0.307 e. The zero-order chi connectivity index (χ0) is 14.0. The van der Waals surface area contributed by atoms with Crippen molar-refractivity contribution in [1.29, 1.82) is 0 Å². The Labute approximate surface area is 118 Å². The summed E-state index contributed by atoms with van der Waals surface area (Å²) < 4.78 is 13.1. The van der Waals surface area contributed by atoms with E-state index in [0.717, 1.165) is 6.07 Å². The summed E-state index contributed by atoms with van der Waals surface area (Å²) in [5, 5.41) is 9.69. The fourth-order valence-electron chi connectivity index (χ4n) is 1.72. The van der Waals surface area contributed by atoms with Gasteiger partial charge in [0.15, 0.2) is 0 Å². The Balaban J connectivity index is 2.60. The van der Waals surface area contributed by atoms with Crippen molar-refractivity contribution in [2.24, 2.45) is 0 Å². The van der Waals surface area contributed by atoms with E-state index in [2.05, 4.69) is 4.98 Å². The highest BCUT2D eigenvalue weighted by atomic mass is 35.5. The minimum Gasteiger partial charge on any atom is -0.481 e. The number of carboxylic acid groups (broad SMARTS) is 1. The predicted molar refractivity (Wildman–Crippen MR) is 71.0 cm³/mol. The van der Waals surface area contributed by atoms with Crippen LogP contribution in [0.4, 0.5) is 4.39 Å². The molecule has 0 saturated heterocycles. The normalized spacial score (nSPS) is 10.5. The molecular formula is C13H8Cl2FNO2. The van der Waals surface area contributed by atoms with E-state index >= 15 is 0 Å². The SMILES string of the molecule is O=C(O)Cc1cc(F)ncc1-c1cc(Cl)ccc1Cl. The van der Waals surface area contributed by atoms with Crippen molar-refractivity contribution in [3.8, 4) is 11.1 Å². The van der Waals surface area contributed by atoms with Crippen molar-refractivity contribution < 1.29 is 14.3 Å². The maximum Gasteiger partial charge on any atom is 0.307 e. The van der Waals surface area contributed by atoms with Crippen LogP contribution in [-0.4, -0.2) is 16.1 Å². The molecule has 1 aromatic heterocycles. The lowest BCUT2D eigenvalue weighted by Gasteiger charge is -2.10. The number of aromatic nitrogens is 1. The van der Waals surface area contributed by atoms with E-state index in [0.29, 0.717) is 26.7 Å². The van der Waals surface area contributed by atoms with Crippen LogP contribution in [0.1, 0.15) is 5.56 Å². The molecular weight excluding hydrogens is 292 g/mol. The summed E-state index contributed by atoms with van der Waals surface area (Å²) in [5.74, 6) is -1.80. The van der Waals surface area contributed by atoms with E-state index in [1.54, 1.807) is 18.2 Å². The zero-order valence-electron chi connectivity index (χ0n) is 9.53. The summed E-state index contributed by atoms with van der Waals surface area (Å²) in [4.78, 5) is 14.3. The van der Waals surface area contributed by atoms with Gasteiger partial charge in [-0.05, 0) is 29.8 Å². The summed E-state index contributed by atoms with van der Waals surface area (Å²) >= 11 is 11.9. The van der Waals surface area contributed by atoms with E-state index in [1.165, 1.54) is 6.20 Å². The first-order chi connectivity index (χ1) is 8.97. The standard InChI is InChI=1S/C13H8Cl2FNO2/c14-8-1-2-11(15)9(5-8)10-6-17-12(16)3-7(10)4-13(18)19/h1-3,5-6H,4H2,(H,18,19). The minimum absolute atomic E-state index is 0.296. The van der Waals surface area contributed by atoms with Crippen molar-refractivity contribution in [3.05, 3.63) is 52.0 Å². The topological polar surface area (TPSA) is 50.2 Å². The van der Waals surface area contributed by atoms with Gasteiger partial charge in [0.1, 0.15) is 0 Å². The number of hydrogen-bond acceptors (Lipinski definition) is 2. The molecule has 0 aliphatic carbocycles. The quantitative estimate of drug-likeness (QED) is 0.877. The third kappa shape index (κ3) is 3.22. The number of pyridine rings is 1. The van der Waals surface area contributed by atoms with Crippen LogP contribution in [-0.2, 0) is 11.2 Å². The molecule has 2 rings (SSSR count). The second kappa shape index (κ2) is 5.55. The molecule has 0 aliphatic rings. The van der Waals surface area contributed by atoms with Gasteiger partial charge >= 0.3 is 5.97 Å². The first-order valence-corrected chi connectivity index (χ1v) is 6.04. The maximum absolute atomic E-state index is 13.1. The van der Waals surface area contributed by atoms with Gasteiger partial charge in [0, 0.05) is 27.4 Å². The number of halogens is 3. The van der Waals surface area contributed by atoms with Crippen LogP contribution < -0.4 is 0 Å². The summed E-state index contributed by atoms with van der Waals surface area (Å²) in [5.41, 5.74) is 1.28. The van der Waals surface area contributed by atoms with Crippen molar-refractivity contribution in [1.82, 2.24) is 4.98 Å². The van der Waals surface area contributed by atoms with Crippen LogP contribution >= 0.6 is 23.2 Å². The van der Waals surface area contributed by atoms with E-state index < -0.39 is 11.9 Å². The molecule has 0 bridgehead atoms. The van der Waals surface area contributed by atoms with Crippen LogP contribution in [0.3, 0.4) is 0 Å². The second-order valence-electron chi connectivity index (χ2n) is 3.86. The van der Waals surface area contributed by atoms with Crippen molar-refractivity contribution in [2.75, 3.05) is 0 Å². The van der Waals surface area contributed by atoms with Crippen molar-refractivity contribution in [2.45, 2.75) is 6.42 Å². The maximum atomic E-state index is 13.1. The minimum atomic E-state index is -1.06. The van der Waals surface area contributed by atoms with E-state index in [9.17, 15) is 9.18 Å². The average Bonchev–Trinajstić information content (AvgIpc) is 2.32. The fraction of sp³-hybridized carbons (Fsp3) is 0.0769. The third-order valence-corrected chi connectivity index (χ3v) is 3.08. The van der Waals surface area contributed by atoms with Crippen LogP contribution in [0.15, 0.2) is 30.5 Å². The van der Waals surface area contributed by atoms with Crippen LogP contribution in [0.2, 0.25) is 10.0 Å². The number of carbonyl (C=O) groups is 1. The molecule has 1 heterocycles. The largest absolute Gasteiger partial charge is 0.481 e. The lowest BCUT2D eigenvalue weighted by atomic mass is 10.00. The van der Waals surface area contributed by atoms with Gasteiger partial charge in [-0.1, -0.05) is 23.2 Å². The highest BCUT2D eigenvalue weighted by Gasteiger charge is 2.13. The van der Waals surface area contributed by atoms with Crippen LogP contribution in [0, 0.1) is 5.95 Å². The van der Waals surface area contributed by atoms with Gasteiger partial charge in [-0.3, -0.25) is 4.79 Å². The molecule has 0 saturated carbocycles. The molecule has 0 amide bonds. The molecule has 98 valence electrons. The summed E-state index contributed by atoms with van der Waals surface area (Å²) in [6, 6.07) is 5.87. The predicted octanol–water partition coefficient (Wildman–Crippen LogP) is 3.82. The Morgan fingerprint density at radius 1 is 1.26 bits per heavy atom. The highest BCUT2D eigenvalue weighted by Crippen LogP contribution is 2.32. The second-order valence-corrected chi connectivity index (χ2v) is 4.70. The summed E-state index contributed by atoms with van der Waals surface area (Å²) in [6.07, 6.45) is 0.933. The lowest BCUT2D eigenvalue weighted by molar-refractivity contribution is -0.136. The molecule has 0 radical (unpaired) electrons. The Morgan fingerprint density at radius 3 is 2.68 bits per heavy atom. The molecule has 2 aromatic rings. The van der Waals surface area contributed by atoms with E-state index in [-0.39, 0.29) is 6.42 Å². The molecule has 0 fully saturated rings.